The Balaban J connectivity index is 1.08. The van der Waals surface area contributed by atoms with Crippen molar-refractivity contribution in [1.82, 2.24) is 9.13 Å². The van der Waals surface area contributed by atoms with E-state index in [0.717, 1.165) is 24.2 Å². The van der Waals surface area contributed by atoms with Gasteiger partial charge in [0.2, 0.25) is 0 Å². The Morgan fingerprint density at radius 2 is 0.873 bits per heavy atom. The molecule has 0 amide bonds. The Hall–Kier alpha value is -7.36. The second kappa shape index (κ2) is 13.1. The average Bonchev–Trinajstić information content (AvgIpc) is 3.83. The van der Waals surface area contributed by atoms with Crippen molar-refractivity contribution in [1.29, 1.82) is 0 Å². The molecule has 63 heavy (non-hydrogen) atoms. The van der Waals surface area contributed by atoms with Gasteiger partial charge >= 0.3 is 0 Å². The van der Waals surface area contributed by atoms with E-state index in [1.807, 2.05) is 0 Å². The van der Waals surface area contributed by atoms with Gasteiger partial charge < -0.3 is 14.0 Å². The van der Waals surface area contributed by atoms with Crippen LogP contribution in [0.5, 0.6) is 0 Å². The summed E-state index contributed by atoms with van der Waals surface area (Å²) < 4.78 is 5.07. The first-order valence-electron chi connectivity index (χ1n) is 22.5. The quantitative estimate of drug-likeness (QED) is 0.169. The lowest BCUT2D eigenvalue weighted by Gasteiger charge is -2.35. The van der Waals surface area contributed by atoms with E-state index in [9.17, 15) is 0 Å². The number of anilines is 2. The van der Waals surface area contributed by atoms with Crippen molar-refractivity contribution >= 4 is 55.0 Å². The molecule has 3 heteroatoms. The minimum absolute atomic E-state index is 0.178. The van der Waals surface area contributed by atoms with Crippen LogP contribution in [0.25, 0.3) is 77.2 Å². The van der Waals surface area contributed by atoms with Gasteiger partial charge in [-0.3, -0.25) is 0 Å². The standard InChI is InChI=1S/C60H47N3/c1-59(2)49-24-14-16-26-55(49)62-53-30-28-43(36-45(53)47-32-40(34-51(59)57(47)62)38-18-8-5-9-19-38)61(42-22-12-7-13-23-42)44-29-31-54-46(37-44)48-33-41(39-20-10-6-11-21-39)35-52-58(48)63(54)56-27-17-15-25-50(56)60(52,3)4/h5-6,8-12,14-37H,7,13H2,1-4H3. The SMILES string of the molecule is CC1(C)c2ccccc2-n2c3ccc(N(C4=CCCC=C4)c4ccc5c(c4)c4cc(-c6ccccc6)cc6c4n5-c4ccccc4C6(C)C)cc3c3cc(-c4ccccc4)cc1c32. The molecule has 0 spiro atoms. The lowest BCUT2D eigenvalue weighted by molar-refractivity contribution is 0.630. The van der Waals surface area contributed by atoms with E-state index in [2.05, 4.69) is 230 Å². The van der Waals surface area contributed by atoms with Crippen LogP contribution in [0.2, 0.25) is 0 Å². The predicted octanol–water partition coefficient (Wildman–Crippen LogP) is 15.9. The van der Waals surface area contributed by atoms with Gasteiger partial charge in [0.15, 0.2) is 0 Å². The van der Waals surface area contributed by atoms with Crippen LogP contribution in [0.15, 0.2) is 194 Å². The monoisotopic (exact) mass is 809 g/mol. The van der Waals surface area contributed by atoms with Crippen molar-refractivity contribution in [2.75, 3.05) is 4.90 Å². The maximum absolute atomic E-state index is 2.53. The number of aromatic nitrogens is 2. The van der Waals surface area contributed by atoms with E-state index in [4.69, 9.17) is 0 Å². The number of nitrogens with zero attached hydrogens (tertiary/aromatic N) is 3. The number of hydrogen-bond acceptors (Lipinski definition) is 1. The summed E-state index contributed by atoms with van der Waals surface area (Å²) >= 11 is 0. The maximum Gasteiger partial charge on any atom is 0.0582 e. The zero-order valence-electron chi connectivity index (χ0n) is 36.2. The topological polar surface area (TPSA) is 13.1 Å². The summed E-state index contributed by atoms with van der Waals surface area (Å²) in [4.78, 5) is 2.50. The van der Waals surface area contributed by atoms with Crippen molar-refractivity contribution < 1.29 is 0 Å². The summed E-state index contributed by atoms with van der Waals surface area (Å²) in [5.74, 6) is 0. The molecule has 0 N–H and O–H groups in total. The first-order chi connectivity index (χ1) is 30.8. The molecule has 2 aliphatic heterocycles. The molecule has 0 radical (unpaired) electrons. The first-order valence-corrected chi connectivity index (χ1v) is 22.5. The second-order valence-electron chi connectivity index (χ2n) is 18.9. The molecule has 2 aromatic heterocycles. The Morgan fingerprint density at radius 3 is 1.33 bits per heavy atom. The molecule has 302 valence electrons. The zero-order valence-corrected chi connectivity index (χ0v) is 36.2. The lowest BCUT2D eigenvalue weighted by Crippen LogP contribution is -2.26. The third-order valence-electron chi connectivity index (χ3n) is 14.6. The van der Waals surface area contributed by atoms with Crippen molar-refractivity contribution in [3.8, 4) is 33.6 Å². The number of benzene rings is 8. The minimum atomic E-state index is -0.178. The van der Waals surface area contributed by atoms with Crippen molar-refractivity contribution in [2.24, 2.45) is 0 Å². The number of para-hydroxylation sites is 2. The van der Waals surface area contributed by atoms with Crippen molar-refractivity contribution in [2.45, 2.75) is 51.4 Å². The molecule has 4 heterocycles. The molecule has 0 atom stereocenters. The van der Waals surface area contributed by atoms with Gasteiger partial charge in [-0.2, -0.15) is 0 Å². The average molecular weight is 810 g/mol. The van der Waals surface area contributed by atoms with Gasteiger partial charge in [-0.1, -0.05) is 137 Å². The van der Waals surface area contributed by atoms with Crippen LogP contribution in [0.4, 0.5) is 11.4 Å². The molecule has 10 aromatic rings. The Morgan fingerprint density at radius 1 is 0.413 bits per heavy atom. The predicted molar refractivity (Wildman–Crippen MR) is 265 cm³/mol. The van der Waals surface area contributed by atoms with Crippen LogP contribution < -0.4 is 4.90 Å². The molecule has 0 saturated heterocycles. The third kappa shape index (κ3) is 5.08. The Labute approximate surface area is 368 Å². The van der Waals surface area contributed by atoms with Crippen LogP contribution in [-0.2, 0) is 10.8 Å². The normalized spacial score (nSPS) is 15.5. The molecule has 0 fully saturated rings. The summed E-state index contributed by atoms with van der Waals surface area (Å²) in [7, 11) is 0. The van der Waals surface area contributed by atoms with Crippen LogP contribution in [0.1, 0.15) is 62.8 Å². The van der Waals surface area contributed by atoms with Crippen molar-refractivity contribution in [3.63, 3.8) is 0 Å². The van der Waals surface area contributed by atoms with Gasteiger partial charge in [0, 0.05) is 49.4 Å². The lowest BCUT2D eigenvalue weighted by atomic mass is 9.74. The molecular formula is C60H47N3. The van der Waals surface area contributed by atoms with E-state index in [1.165, 1.54) is 105 Å². The first kappa shape index (κ1) is 36.3. The highest BCUT2D eigenvalue weighted by Gasteiger charge is 2.37. The summed E-state index contributed by atoms with van der Waals surface area (Å²) in [6.45, 7) is 9.58. The molecular weight excluding hydrogens is 763 g/mol. The highest BCUT2D eigenvalue weighted by molar-refractivity contribution is 6.16. The van der Waals surface area contributed by atoms with E-state index < -0.39 is 0 Å². The van der Waals surface area contributed by atoms with E-state index in [0.29, 0.717) is 0 Å². The zero-order chi connectivity index (χ0) is 42.2. The van der Waals surface area contributed by atoms with Gasteiger partial charge in [-0.05, 0) is 136 Å². The summed E-state index contributed by atoms with van der Waals surface area (Å²) in [6, 6.07) is 63.9. The fraction of sp³-hybridized carbons (Fsp3) is 0.133. The number of fused-ring (bicyclic) bond motifs is 10. The Bertz CT molecular complexity index is 3390. The van der Waals surface area contributed by atoms with Crippen LogP contribution in [0.3, 0.4) is 0 Å². The molecule has 0 unspecified atom stereocenters. The summed E-state index contributed by atoms with van der Waals surface area (Å²) in [6.07, 6.45) is 9.13. The highest BCUT2D eigenvalue weighted by Crippen LogP contribution is 2.52. The second-order valence-corrected chi connectivity index (χ2v) is 18.9. The summed E-state index contributed by atoms with van der Waals surface area (Å²) in [5.41, 5.74) is 21.2. The molecule has 8 aromatic carbocycles. The third-order valence-corrected chi connectivity index (χ3v) is 14.6. The van der Waals surface area contributed by atoms with Crippen molar-refractivity contribution in [3.05, 3.63) is 216 Å². The van der Waals surface area contributed by atoms with E-state index in [-0.39, 0.29) is 10.8 Å². The van der Waals surface area contributed by atoms with Crippen LogP contribution >= 0.6 is 0 Å². The fourth-order valence-electron chi connectivity index (χ4n) is 11.5. The highest BCUT2D eigenvalue weighted by atomic mass is 15.1. The molecule has 3 aliphatic rings. The number of rotatable bonds is 5. The minimum Gasteiger partial charge on any atom is -0.311 e. The molecule has 3 nitrogen and oxygen atoms in total. The number of hydrogen-bond donors (Lipinski definition) is 0. The molecule has 13 rings (SSSR count). The fourth-order valence-corrected chi connectivity index (χ4v) is 11.5. The number of allylic oxidation sites excluding steroid dienone is 3. The van der Waals surface area contributed by atoms with Gasteiger partial charge in [0.25, 0.3) is 0 Å². The summed E-state index contributed by atoms with van der Waals surface area (Å²) in [5, 5.41) is 5.11. The van der Waals surface area contributed by atoms with E-state index >= 15 is 0 Å². The van der Waals surface area contributed by atoms with Gasteiger partial charge in [-0.15, -0.1) is 0 Å². The molecule has 0 saturated carbocycles. The molecule has 0 bridgehead atoms. The smallest absolute Gasteiger partial charge is 0.0582 e. The van der Waals surface area contributed by atoms with Gasteiger partial charge in [0.05, 0.1) is 33.4 Å². The van der Waals surface area contributed by atoms with Crippen LogP contribution in [-0.4, -0.2) is 9.13 Å². The van der Waals surface area contributed by atoms with Crippen LogP contribution in [0, 0.1) is 0 Å². The molecule has 1 aliphatic carbocycles. The maximum atomic E-state index is 2.53. The largest absolute Gasteiger partial charge is 0.311 e. The Kier molecular flexibility index (Phi) is 7.54. The van der Waals surface area contributed by atoms with Gasteiger partial charge in [-0.25, -0.2) is 0 Å². The van der Waals surface area contributed by atoms with Gasteiger partial charge in [0.1, 0.15) is 0 Å². The van der Waals surface area contributed by atoms with E-state index in [1.54, 1.807) is 0 Å².